The minimum Gasteiger partial charge on any atom is -0.493 e. The molecule has 0 saturated heterocycles. The lowest BCUT2D eigenvalue weighted by Gasteiger charge is -2.09. The van der Waals surface area contributed by atoms with Crippen LogP contribution in [0.4, 0.5) is 5.82 Å². The summed E-state index contributed by atoms with van der Waals surface area (Å²) < 4.78 is 12.2. The van der Waals surface area contributed by atoms with Gasteiger partial charge in [-0.3, -0.25) is 9.48 Å². The summed E-state index contributed by atoms with van der Waals surface area (Å²) in [6, 6.07) is 14.4. The third kappa shape index (κ3) is 4.23. The number of amides is 1. The molecule has 6 nitrogen and oxygen atoms in total. The van der Waals surface area contributed by atoms with Crippen molar-refractivity contribution in [1.82, 2.24) is 9.78 Å². The van der Waals surface area contributed by atoms with Crippen molar-refractivity contribution in [2.24, 2.45) is 0 Å². The van der Waals surface area contributed by atoms with Gasteiger partial charge in [-0.1, -0.05) is 29.8 Å². The highest BCUT2D eigenvalue weighted by Gasteiger charge is 2.13. The standard InChI is InChI=1S/C20H20ClN3O3/c1-13-10-19(23-24(13)12-15-6-4-5-7-16(15)21)22-20(25)14-8-9-17(26-2)18(11-14)27-3/h4-11H,12H2,1-3H3,(H,22,23,25). The molecule has 27 heavy (non-hydrogen) atoms. The predicted molar refractivity (Wildman–Crippen MR) is 105 cm³/mol. The highest BCUT2D eigenvalue weighted by atomic mass is 35.5. The van der Waals surface area contributed by atoms with Crippen molar-refractivity contribution in [1.29, 1.82) is 0 Å². The maximum absolute atomic E-state index is 12.5. The van der Waals surface area contributed by atoms with Crippen LogP contribution in [0, 0.1) is 6.92 Å². The van der Waals surface area contributed by atoms with Crippen molar-refractivity contribution in [3.8, 4) is 11.5 Å². The van der Waals surface area contributed by atoms with Gasteiger partial charge in [0.05, 0.1) is 20.8 Å². The number of aromatic nitrogens is 2. The summed E-state index contributed by atoms with van der Waals surface area (Å²) in [6.07, 6.45) is 0. The molecular weight excluding hydrogens is 366 g/mol. The zero-order valence-corrected chi connectivity index (χ0v) is 16.1. The second-order valence-corrected chi connectivity index (χ2v) is 6.35. The number of aryl methyl sites for hydroxylation is 1. The van der Waals surface area contributed by atoms with E-state index < -0.39 is 0 Å². The molecule has 0 aliphatic carbocycles. The summed E-state index contributed by atoms with van der Waals surface area (Å²) in [5.74, 6) is 1.25. The molecular formula is C20H20ClN3O3. The summed E-state index contributed by atoms with van der Waals surface area (Å²) in [7, 11) is 3.07. The molecule has 7 heteroatoms. The number of rotatable bonds is 6. The molecule has 0 aliphatic heterocycles. The van der Waals surface area contributed by atoms with Crippen molar-refractivity contribution >= 4 is 23.3 Å². The fourth-order valence-corrected chi connectivity index (χ4v) is 2.88. The summed E-state index contributed by atoms with van der Waals surface area (Å²) in [5, 5.41) is 7.95. The molecule has 0 fully saturated rings. The van der Waals surface area contributed by atoms with E-state index in [2.05, 4.69) is 10.4 Å². The minimum atomic E-state index is -0.279. The van der Waals surface area contributed by atoms with E-state index in [1.807, 2.05) is 37.3 Å². The van der Waals surface area contributed by atoms with E-state index in [-0.39, 0.29) is 5.91 Å². The number of benzene rings is 2. The van der Waals surface area contributed by atoms with E-state index in [0.717, 1.165) is 11.3 Å². The lowest BCUT2D eigenvalue weighted by atomic mass is 10.2. The largest absolute Gasteiger partial charge is 0.493 e. The van der Waals surface area contributed by atoms with E-state index in [1.165, 1.54) is 7.11 Å². The minimum absolute atomic E-state index is 0.279. The fraction of sp³-hybridized carbons (Fsp3) is 0.200. The average molecular weight is 386 g/mol. The molecule has 140 valence electrons. The van der Waals surface area contributed by atoms with Crippen LogP contribution in [0.1, 0.15) is 21.6 Å². The van der Waals surface area contributed by atoms with Crippen LogP contribution in [-0.2, 0) is 6.54 Å². The molecule has 1 amide bonds. The Balaban J connectivity index is 1.76. The molecule has 0 bridgehead atoms. The molecule has 3 rings (SSSR count). The first-order valence-corrected chi connectivity index (χ1v) is 8.71. The van der Waals surface area contributed by atoms with E-state index in [4.69, 9.17) is 21.1 Å². The normalized spacial score (nSPS) is 10.5. The van der Waals surface area contributed by atoms with Gasteiger partial charge in [-0.15, -0.1) is 0 Å². The topological polar surface area (TPSA) is 65.4 Å². The molecule has 0 unspecified atom stereocenters. The lowest BCUT2D eigenvalue weighted by molar-refractivity contribution is 0.102. The molecule has 0 radical (unpaired) electrons. The molecule has 2 aromatic carbocycles. The Kier molecular flexibility index (Phi) is 5.66. The number of hydrogen-bond donors (Lipinski definition) is 1. The Morgan fingerprint density at radius 2 is 1.85 bits per heavy atom. The van der Waals surface area contributed by atoms with Crippen molar-refractivity contribution in [2.75, 3.05) is 19.5 Å². The first-order chi connectivity index (χ1) is 13.0. The number of nitrogens with zero attached hydrogens (tertiary/aromatic N) is 2. The van der Waals surface area contributed by atoms with E-state index in [0.29, 0.717) is 34.4 Å². The quantitative estimate of drug-likeness (QED) is 0.691. The molecule has 0 atom stereocenters. The number of hydrogen-bond acceptors (Lipinski definition) is 4. The predicted octanol–water partition coefficient (Wildman–Crippen LogP) is 4.16. The van der Waals surface area contributed by atoms with Crippen LogP contribution in [0.3, 0.4) is 0 Å². The van der Waals surface area contributed by atoms with Crippen LogP contribution in [-0.4, -0.2) is 29.9 Å². The van der Waals surface area contributed by atoms with Crippen LogP contribution in [0.5, 0.6) is 11.5 Å². The Hall–Kier alpha value is -2.99. The van der Waals surface area contributed by atoms with Crippen molar-refractivity contribution in [3.63, 3.8) is 0 Å². The second kappa shape index (κ2) is 8.14. The van der Waals surface area contributed by atoms with Crippen molar-refractivity contribution in [3.05, 3.63) is 70.4 Å². The third-order valence-electron chi connectivity index (χ3n) is 4.15. The van der Waals surface area contributed by atoms with Gasteiger partial charge in [0.25, 0.3) is 5.91 Å². The maximum Gasteiger partial charge on any atom is 0.257 e. The average Bonchev–Trinajstić information content (AvgIpc) is 3.01. The maximum atomic E-state index is 12.5. The summed E-state index contributed by atoms with van der Waals surface area (Å²) in [4.78, 5) is 12.5. The molecule has 0 saturated carbocycles. The van der Waals surface area contributed by atoms with Gasteiger partial charge in [0.2, 0.25) is 0 Å². The van der Waals surface area contributed by atoms with Gasteiger partial charge in [0.1, 0.15) is 0 Å². The van der Waals surface area contributed by atoms with Gasteiger partial charge in [0.15, 0.2) is 17.3 Å². The van der Waals surface area contributed by atoms with Crippen molar-refractivity contribution < 1.29 is 14.3 Å². The molecule has 0 aliphatic rings. The van der Waals surface area contributed by atoms with Gasteiger partial charge in [0, 0.05) is 22.3 Å². The van der Waals surface area contributed by atoms with E-state index >= 15 is 0 Å². The molecule has 1 aromatic heterocycles. The van der Waals surface area contributed by atoms with Crippen molar-refractivity contribution in [2.45, 2.75) is 13.5 Å². The van der Waals surface area contributed by atoms with Crippen LogP contribution in [0.25, 0.3) is 0 Å². The highest BCUT2D eigenvalue weighted by Crippen LogP contribution is 2.28. The second-order valence-electron chi connectivity index (χ2n) is 5.94. The number of carbonyl (C=O) groups excluding carboxylic acids is 1. The lowest BCUT2D eigenvalue weighted by Crippen LogP contribution is -2.13. The number of methoxy groups -OCH3 is 2. The zero-order chi connectivity index (χ0) is 19.4. The van der Waals surface area contributed by atoms with Crippen LogP contribution >= 0.6 is 11.6 Å². The summed E-state index contributed by atoms with van der Waals surface area (Å²) >= 11 is 6.22. The first-order valence-electron chi connectivity index (χ1n) is 8.33. The number of anilines is 1. The molecule has 0 spiro atoms. The number of halogens is 1. The Labute approximate surface area is 162 Å². The van der Waals surface area contributed by atoms with Crippen LogP contribution in [0.15, 0.2) is 48.5 Å². The fourth-order valence-electron chi connectivity index (χ4n) is 2.69. The van der Waals surface area contributed by atoms with Gasteiger partial charge in [-0.25, -0.2) is 0 Å². The molecule has 1 heterocycles. The summed E-state index contributed by atoms with van der Waals surface area (Å²) in [6.45, 7) is 2.45. The SMILES string of the molecule is COc1ccc(C(=O)Nc2cc(C)n(Cc3ccccc3Cl)n2)cc1OC. The summed E-state index contributed by atoms with van der Waals surface area (Å²) in [5.41, 5.74) is 2.33. The Bertz CT molecular complexity index is 969. The van der Waals surface area contributed by atoms with E-state index in [1.54, 1.807) is 30.0 Å². The van der Waals surface area contributed by atoms with Gasteiger partial charge in [-0.05, 0) is 36.8 Å². The number of nitrogens with one attached hydrogen (secondary N) is 1. The monoisotopic (exact) mass is 385 g/mol. The van der Waals surface area contributed by atoms with E-state index in [9.17, 15) is 4.79 Å². The van der Waals surface area contributed by atoms with Gasteiger partial charge < -0.3 is 14.8 Å². The third-order valence-corrected chi connectivity index (χ3v) is 4.52. The molecule has 3 aromatic rings. The smallest absolute Gasteiger partial charge is 0.257 e. The number of carbonyl (C=O) groups is 1. The highest BCUT2D eigenvalue weighted by molar-refractivity contribution is 6.31. The van der Waals surface area contributed by atoms with Gasteiger partial charge >= 0.3 is 0 Å². The van der Waals surface area contributed by atoms with Crippen LogP contribution in [0.2, 0.25) is 5.02 Å². The Morgan fingerprint density at radius 3 is 2.56 bits per heavy atom. The Morgan fingerprint density at radius 1 is 1.11 bits per heavy atom. The number of ether oxygens (including phenoxy) is 2. The molecule has 1 N–H and O–H groups in total. The zero-order valence-electron chi connectivity index (χ0n) is 15.3. The first kappa shape index (κ1) is 18.8. The van der Waals surface area contributed by atoms with Gasteiger partial charge in [-0.2, -0.15) is 5.10 Å². The van der Waals surface area contributed by atoms with Crippen LogP contribution < -0.4 is 14.8 Å².